The Morgan fingerprint density at radius 1 is 1.40 bits per heavy atom. The normalized spacial score (nSPS) is 11.6. The molecule has 3 N–H and O–H groups in total. The van der Waals surface area contributed by atoms with Crippen molar-refractivity contribution in [3.8, 4) is 0 Å². The van der Waals surface area contributed by atoms with Gasteiger partial charge in [0.2, 0.25) is 0 Å². The molecule has 0 bridgehead atoms. The summed E-state index contributed by atoms with van der Waals surface area (Å²) in [6, 6.07) is 3.44. The Bertz CT molecular complexity index is 473. The molecule has 1 aromatic carbocycles. The molecule has 0 aliphatic heterocycles. The molecule has 4 nitrogen and oxygen atoms in total. The third-order valence-corrected chi connectivity index (χ3v) is 2.43. The number of halogens is 3. The van der Waals surface area contributed by atoms with Crippen molar-refractivity contribution in [2.24, 2.45) is 11.7 Å². The minimum Gasteiger partial charge on any atom is -0.449 e. The van der Waals surface area contributed by atoms with Crippen molar-refractivity contribution in [3.63, 3.8) is 0 Å². The van der Waals surface area contributed by atoms with Crippen LogP contribution in [0.3, 0.4) is 0 Å². The maximum atomic E-state index is 12.8. The van der Waals surface area contributed by atoms with Crippen molar-refractivity contribution in [3.05, 3.63) is 29.3 Å². The van der Waals surface area contributed by atoms with E-state index in [0.717, 1.165) is 6.07 Å². The van der Waals surface area contributed by atoms with Crippen molar-refractivity contribution < 1.29 is 22.7 Å². The van der Waals surface area contributed by atoms with Gasteiger partial charge in [0.05, 0.1) is 12.2 Å². The topological polar surface area (TPSA) is 64.3 Å². The van der Waals surface area contributed by atoms with Crippen molar-refractivity contribution in [1.29, 1.82) is 0 Å². The predicted molar refractivity (Wildman–Crippen MR) is 69.1 cm³/mol. The van der Waals surface area contributed by atoms with Crippen LogP contribution in [0.5, 0.6) is 0 Å². The fourth-order valence-electron chi connectivity index (χ4n) is 1.49. The van der Waals surface area contributed by atoms with Gasteiger partial charge in [0.15, 0.2) is 0 Å². The molecule has 0 fully saturated rings. The van der Waals surface area contributed by atoms with Crippen LogP contribution in [-0.2, 0) is 17.5 Å². The minimum absolute atomic E-state index is 0.0169. The molecule has 20 heavy (non-hydrogen) atoms. The Balaban J connectivity index is 2.85. The maximum Gasteiger partial charge on any atom is 0.416 e. The number of rotatable bonds is 4. The van der Waals surface area contributed by atoms with Crippen LogP contribution in [0.1, 0.15) is 25.0 Å². The van der Waals surface area contributed by atoms with Gasteiger partial charge in [0, 0.05) is 12.2 Å². The van der Waals surface area contributed by atoms with Gasteiger partial charge in [0.1, 0.15) is 0 Å². The number of anilines is 1. The standard InChI is InChI=1S/C13H17F3N2O2/c1-8(2)7-20-12(19)18-10-4-3-9(6-17)11(5-10)13(14,15)16/h3-5,8H,6-7,17H2,1-2H3,(H,18,19). The number of alkyl halides is 3. The fraction of sp³-hybridized carbons (Fsp3) is 0.462. The van der Waals surface area contributed by atoms with Gasteiger partial charge in [-0.25, -0.2) is 4.79 Å². The Morgan fingerprint density at radius 3 is 2.55 bits per heavy atom. The summed E-state index contributed by atoms with van der Waals surface area (Å²) in [5.74, 6) is 0.145. The zero-order chi connectivity index (χ0) is 15.3. The lowest BCUT2D eigenvalue weighted by Gasteiger charge is -2.14. The second-order valence-electron chi connectivity index (χ2n) is 4.69. The van der Waals surface area contributed by atoms with E-state index in [1.807, 2.05) is 13.8 Å². The van der Waals surface area contributed by atoms with Crippen LogP contribution in [-0.4, -0.2) is 12.7 Å². The van der Waals surface area contributed by atoms with E-state index in [4.69, 9.17) is 10.5 Å². The summed E-state index contributed by atoms with van der Waals surface area (Å²) in [6.07, 6.45) is -5.30. The highest BCUT2D eigenvalue weighted by Crippen LogP contribution is 2.33. The predicted octanol–water partition coefficient (Wildman–Crippen LogP) is 3.37. The van der Waals surface area contributed by atoms with Gasteiger partial charge < -0.3 is 10.5 Å². The smallest absolute Gasteiger partial charge is 0.416 e. The Morgan fingerprint density at radius 2 is 2.05 bits per heavy atom. The Hall–Kier alpha value is -1.76. The van der Waals surface area contributed by atoms with E-state index >= 15 is 0 Å². The van der Waals surface area contributed by atoms with Gasteiger partial charge in [-0.3, -0.25) is 5.32 Å². The first-order valence-electron chi connectivity index (χ1n) is 6.08. The molecule has 0 radical (unpaired) electrons. The highest BCUT2D eigenvalue weighted by molar-refractivity contribution is 5.84. The number of hydrogen-bond acceptors (Lipinski definition) is 3. The number of amides is 1. The first kappa shape index (κ1) is 16.3. The van der Waals surface area contributed by atoms with Crippen LogP contribution >= 0.6 is 0 Å². The molecule has 0 saturated heterocycles. The number of hydrogen-bond donors (Lipinski definition) is 2. The molecular weight excluding hydrogens is 273 g/mol. The number of nitrogens with two attached hydrogens (primary N) is 1. The Labute approximate surface area is 115 Å². The molecule has 0 aliphatic carbocycles. The number of ether oxygens (including phenoxy) is 1. The van der Waals surface area contributed by atoms with Crippen molar-refractivity contribution in [2.75, 3.05) is 11.9 Å². The summed E-state index contributed by atoms with van der Waals surface area (Å²) in [4.78, 5) is 11.4. The summed E-state index contributed by atoms with van der Waals surface area (Å²) in [5.41, 5.74) is 4.40. The lowest BCUT2D eigenvalue weighted by molar-refractivity contribution is -0.138. The van der Waals surface area contributed by atoms with Crippen LogP contribution in [0.4, 0.5) is 23.7 Å². The van der Waals surface area contributed by atoms with E-state index in [1.165, 1.54) is 12.1 Å². The van der Waals surface area contributed by atoms with E-state index in [2.05, 4.69) is 5.32 Å². The number of carbonyl (C=O) groups excluding carboxylic acids is 1. The average molecular weight is 290 g/mol. The zero-order valence-corrected chi connectivity index (χ0v) is 11.3. The molecule has 0 spiro atoms. The zero-order valence-electron chi connectivity index (χ0n) is 11.3. The molecule has 0 aliphatic rings. The minimum atomic E-state index is -4.52. The van der Waals surface area contributed by atoms with Gasteiger partial charge >= 0.3 is 12.3 Å². The lowest BCUT2D eigenvalue weighted by Crippen LogP contribution is -2.18. The third kappa shape index (κ3) is 4.73. The number of benzene rings is 1. The average Bonchev–Trinajstić information content (AvgIpc) is 2.35. The molecule has 0 aromatic heterocycles. The summed E-state index contributed by atoms with van der Waals surface area (Å²) in [6.45, 7) is 3.67. The summed E-state index contributed by atoms with van der Waals surface area (Å²) in [7, 11) is 0. The highest BCUT2D eigenvalue weighted by Gasteiger charge is 2.33. The van der Waals surface area contributed by atoms with Gasteiger partial charge in [-0.1, -0.05) is 19.9 Å². The van der Waals surface area contributed by atoms with Gasteiger partial charge in [-0.2, -0.15) is 13.2 Å². The summed E-state index contributed by atoms with van der Waals surface area (Å²) in [5, 5.41) is 2.26. The summed E-state index contributed by atoms with van der Waals surface area (Å²) < 4.78 is 43.3. The van der Waals surface area contributed by atoms with Crippen LogP contribution in [0.25, 0.3) is 0 Å². The SMILES string of the molecule is CC(C)COC(=O)Nc1ccc(CN)c(C(F)(F)F)c1. The van der Waals surface area contributed by atoms with E-state index in [-0.39, 0.29) is 30.3 Å². The molecule has 1 rings (SSSR count). The second kappa shape index (κ2) is 6.60. The van der Waals surface area contributed by atoms with Gasteiger partial charge in [0.25, 0.3) is 0 Å². The van der Waals surface area contributed by atoms with Crippen molar-refractivity contribution >= 4 is 11.8 Å². The molecule has 7 heteroatoms. The van der Waals surface area contributed by atoms with E-state index in [0.29, 0.717) is 0 Å². The number of nitrogens with one attached hydrogen (secondary N) is 1. The molecule has 0 unspecified atom stereocenters. The van der Waals surface area contributed by atoms with Crippen LogP contribution in [0.2, 0.25) is 0 Å². The van der Waals surface area contributed by atoms with Crippen LogP contribution in [0, 0.1) is 5.92 Å². The Kier molecular flexibility index (Phi) is 5.38. The molecule has 0 saturated carbocycles. The molecule has 0 heterocycles. The van der Waals surface area contributed by atoms with Crippen LogP contribution in [0.15, 0.2) is 18.2 Å². The first-order valence-corrected chi connectivity index (χ1v) is 6.08. The van der Waals surface area contributed by atoms with Gasteiger partial charge in [-0.15, -0.1) is 0 Å². The molecule has 0 atom stereocenters. The van der Waals surface area contributed by atoms with E-state index in [9.17, 15) is 18.0 Å². The van der Waals surface area contributed by atoms with Crippen molar-refractivity contribution in [1.82, 2.24) is 0 Å². The summed E-state index contributed by atoms with van der Waals surface area (Å²) >= 11 is 0. The lowest BCUT2D eigenvalue weighted by atomic mass is 10.1. The van der Waals surface area contributed by atoms with Crippen molar-refractivity contribution in [2.45, 2.75) is 26.6 Å². The monoisotopic (exact) mass is 290 g/mol. The second-order valence-corrected chi connectivity index (χ2v) is 4.69. The van der Waals surface area contributed by atoms with E-state index < -0.39 is 17.8 Å². The third-order valence-electron chi connectivity index (χ3n) is 2.43. The van der Waals surface area contributed by atoms with E-state index in [1.54, 1.807) is 0 Å². The first-order chi connectivity index (χ1) is 9.24. The molecule has 112 valence electrons. The largest absolute Gasteiger partial charge is 0.449 e. The molecular formula is C13H17F3N2O2. The molecule has 1 aromatic rings. The quantitative estimate of drug-likeness (QED) is 0.893. The maximum absolute atomic E-state index is 12.8. The highest BCUT2D eigenvalue weighted by atomic mass is 19.4. The molecule has 1 amide bonds. The van der Waals surface area contributed by atoms with Crippen LogP contribution < -0.4 is 11.1 Å². The number of carbonyl (C=O) groups is 1. The fourth-order valence-corrected chi connectivity index (χ4v) is 1.49. The van der Waals surface area contributed by atoms with Gasteiger partial charge in [-0.05, 0) is 23.6 Å².